The molecule has 0 N–H and O–H groups in total. The van der Waals surface area contributed by atoms with Crippen LogP contribution in [0.5, 0.6) is 5.75 Å². The summed E-state index contributed by atoms with van der Waals surface area (Å²) in [4.78, 5) is 13.1. The Labute approximate surface area is 126 Å². The fourth-order valence-corrected chi connectivity index (χ4v) is 2.67. The third kappa shape index (κ3) is 4.86. The number of rotatable bonds is 6. The van der Waals surface area contributed by atoms with Gasteiger partial charge in [-0.1, -0.05) is 17.7 Å². The van der Waals surface area contributed by atoms with Gasteiger partial charge in [-0.2, -0.15) is 8.78 Å². The number of Topliss-reactive ketones (excluding diaryl/α,β-unsaturated/α-hetero) is 1. The van der Waals surface area contributed by atoms with E-state index in [0.29, 0.717) is 11.3 Å². The monoisotopic (exact) mass is 308 g/mol. The van der Waals surface area contributed by atoms with Crippen molar-refractivity contribution in [3.05, 3.63) is 59.7 Å². The molecule has 0 bridgehead atoms. The molecule has 2 aromatic rings. The molecule has 0 unspecified atom stereocenters. The first-order valence-electron chi connectivity index (χ1n) is 6.32. The lowest BCUT2D eigenvalue weighted by molar-refractivity contribution is -0.0498. The Morgan fingerprint density at radius 3 is 2.52 bits per heavy atom. The third-order valence-electron chi connectivity index (χ3n) is 2.76. The minimum Gasteiger partial charge on any atom is -0.435 e. The van der Waals surface area contributed by atoms with Crippen LogP contribution in [0.1, 0.15) is 15.9 Å². The zero-order valence-electron chi connectivity index (χ0n) is 11.4. The van der Waals surface area contributed by atoms with Crippen molar-refractivity contribution in [2.45, 2.75) is 18.4 Å². The Morgan fingerprint density at radius 2 is 1.90 bits per heavy atom. The van der Waals surface area contributed by atoms with Gasteiger partial charge < -0.3 is 4.74 Å². The quantitative estimate of drug-likeness (QED) is 0.577. The first-order chi connectivity index (χ1) is 10.0. The minimum absolute atomic E-state index is 0.0490. The van der Waals surface area contributed by atoms with Gasteiger partial charge >= 0.3 is 6.61 Å². The lowest BCUT2D eigenvalue weighted by Gasteiger charge is -2.06. The van der Waals surface area contributed by atoms with Crippen LogP contribution in [0.3, 0.4) is 0 Å². The Kier molecular flexibility index (Phi) is 5.33. The minimum atomic E-state index is -2.86. The molecule has 2 rings (SSSR count). The number of alkyl halides is 2. The molecule has 0 amide bonds. The van der Waals surface area contributed by atoms with E-state index >= 15 is 0 Å². The number of ether oxygens (including phenoxy) is 1. The second-order valence-corrected chi connectivity index (χ2v) is 5.48. The highest BCUT2D eigenvalue weighted by Gasteiger charge is 2.09. The maximum atomic E-state index is 12.0. The van der Waals surface area contributed by atoms with Crippen molar-refractivity contribution >= 4 is 17.5 Å². The van der Waals surface area contributed by atoms with Crippen LogP contribution in [0.15, 0.2) is 53.4 Å². The van der Waals surface area contributed by atoms with Crippen LogP contribution in [-0.2, 0) is 0 Å². The molecular weight excluding hydrogens is 294 g/mol. The third-order valence-corrected chi connectivity index (χ3v) is 3.75. The fraction of sp³-hybridized carbons (Fsp3) is 0.188. The number of carbonyl (C=O) groups is 1. The summed E-state index contributed by atoms with van der Waals surface area (Å²) in [6, 6.07) is 13.6. The standard InChI is InChI=1S/C16H14F2O2S/c1-11-3-2-4-14(9-11)21-10-15(19)12-5-7-13(8-6-12)20-16(17)18/h2-9,16H,10H2,1H3. The lowest BCUT2D eigenvalue weighted by atomic mass is 10.1. The number of carbonyl (C=O) groups excluding carboxylic acids is 1. The van der Waals surface area contributed by atoms with Crippen molar-refractivity contribution in [2.75, 3.05) is 5.75 Å². The summed E-state index contributed by atoms with van der Waals surface area (Å²) in [7, 11) is 0. The Hall–Kier alpha value is -1.88. The predicted molar refractivity (Wildman–Crippen MR) is 79.3 cm³/mol. The number of aryl methyl sites for hydroxylation is 1. The number of hydrogen-bond acceptors (Lipinski definition) is 3. The molecular formula is C16H14F2O2S. The summed E-state index contributed by atoms with van der Waals surface area (Å²) in [5.41, 5.74) is 1.62. The van der Waals surface area contributed by atoms with Gasteiger partial charge in [0.25, 0.3) is 0 Å². The van der Waals surface area contributed by atoms with Crippen LogP contribution < -0.4 is 4.74 Å². The van der Waals surface area contributed by atoms with E-state index in [2.05, 4.69) is 4.74 Å². The summed E-state index contributed by atoms with van der Waals surface area (Å²) in [5.74, 6) is 0.302. The van der Waals surface area contributed by atoms with Crippen LogP contribution in [0.2, 0.25) is 0 Å². The molecule has 0 saturated carbocycles. The zero-order chi connectivity index (χ0) is 15.2. The van der Waals surface area contributed by atoms with E-state index < -0.39 is 6.61 Å². The zero-order valence-corrected chi connectivity index (χ0v) is 12.2. The van der Waals surface area contributed by atoms with Crippen molar-refractivity contribution in [3.8, 4) is 5.75 Å². The molecule has 0 spiro atoms. The van der Waals surface area contributed by atoms with Crippen molar-refractivity contribution < 1.29 is 18.3 Å². The number of ketones is 1. The van der Waals surface area contributed by atoms with Gasteiger partial charge in [0, 0.05) is 10.5 Å². The smallest absolute Gasteiger partial charge is 0.387 e. The first kappa shape index (κ1) is 15.5. The van der Waals surface area contributed by atoms with E-state index in [0.717, 1.165) is 10.5 Å². The second kappa shape index (κ2) is 7.22. The molecule has 0 radical (unpaired) electrons. The molecule has 0 aliphatic carbocycles. The molecule has 0 saturated heterocycles. The molecule has 0 atom stereocenters. The molecule has 0 aromatic heterocycles. The van der Waals surface area contributed by atoms with Crippen molar-refractivity contribution in [1.29, 1.82) is 0 Å². The largest absolute Gasteiger partial charge is 0.435 e. The predicted octanol–water partition coefficient (Wildman–Crippen LogP) is 4.57. The number of thioether (sulfide) groups is 1. The van der Waals surface area contributed by atoms with Gasteiger partial charge in [0.1, 0.15) is 5.75 Å². The van der Waals surface area contributed by atoms with Crippen LogP contribution in [-0.4, -0.2) is 18.1 Å². The summed E-state index contributed by atoms with van der Waals surface area (Å²) in [5, 5.41) is 0. The molecule has 2 aromatic carbocycles. The van der Waals surface area contributed by atoms with E-state index in [-0.39, 0.29) is 11.5 Å². The molecule has 0 aliphatic rings. The van der Waals surface area contributed by atoms with Gasteiger partial charge in [-0.05, 0) is 43.3 Å². The molecule has 0 aliphatic heterocycles. The van der Waals surface area contributed by atoms with E-state index in [1.165, 1.54) is 36.0 Å². The van der Waals surface area contributed by atoms with E-state index in [1.807, 2.05) is 31.2 Å². The van der Waals surface area contributed by atoms with Crippen molar-refractivity contribution in [2.24, 2.45) is 0 Å². The van der Waals surface area contributed by atoms with Crippen LogP contribution in [0, 0.1) is 6.92 Å². The highest BCUT2D eigenvalue weighted by molar-refractivity contribution is 8.00. The van der Waals surface area contributed by atoms with Gasteiger partial charge in [-0.25, -0.2) is 0 Å². The van der Waals surface area contributed by atoms with E-state index in [9.17, 15) is 13.6 Å². The number of benzene rings is 2. The average molecular weight is 308 g/mol. The van der Waals surface area contributed by atoms with Crippen LogP contribution in [0.4, 0.5) is 8.78 Å². The number of halogens is 2. The SMILES string of the molecule is Cc1cccc(SCC(=O)c2ccc(OC(F)F)cc2)c1. The topological polar surface area (TPSA) is 26.3 Å². The molecule has 0 heterocycles. The highest BCUT2D eigenvalue weighted by Crippen LogP contribution is 2.21. The van der Waals surface area contributed by atoms with Crippen molar-refractivity contribution in [3.63, 3.8) is 0 Å². The molecule has 21 heavy (non-hydrogen) atoms. The fourth-order valence-electron chi connectivity index (χ4n) is 1.76. The molecule has 0 fully saturated rings. The first-order valence-corrected chi connectivity index (χ1v) is 7.31. The normalized spacial score (nSPS) is 10.7. The Bertz CT molecular complexity index is 612. The van der Waals surface area contributed by atoms with Gasteiger partial charge in [0.15, 0.2) is 5.78 Å². The van der Waals surface area contributed by atoms with Crippen molar-refractivity contribution in [1.82, 2.24) is 0 Å². The maximum Gasteiger partial charge on any atom is 0.387 e. The molecule has 5 heteroatoms. The van der Waals surface area contributed by atoms with Gasteiger partial charge in [-0.15, -0.1) is 11.8 Å². The van der Waals surface area contributed by atoms with Crippen LogP contribution in [0.25, 0.3) is 0 Å². The summed E-state index contributed by atoms with van der Waals surface area (Å²) in [6.45, 7) is -0.864. The summed E-state index contributed by atoms with van der Waals surface area (Å²) >= 11 is 1.45. The van der Waals surface area contributed by atoms with Crippen LogP contribution >= 0.6 is 11.8 Å². The Morgan fingerprint density at radius 1 is 1.19 bits per heavy atom. The van der Waals surface area contributed by atoms with Gasteiger partial charge in [0.2, 0.25) is 0 Å². The Balaban J connectivity index is 1.94. The average Bonchev–Trinajstić information content (AvgIpc) is 2.45. The highest BCUT2D eigenvalue weighted by atomic mass is 32.2. The van der Waals surface area contributed by atoms with E-state index in [4.69, 9.17) is 0 Å². The summed E-state index contributed by atoms with van der Waals surface area (Å²) in [6.07, 6.45) is 0. The maximum absolute atomic E-state index is 12.0. The second-order valence-electron chi connectivity index (χ2n) is 4.43. The number of hydrogen-bond donors (Lipinski definition) is 0. The van der Waals surface area contributed by atoms with E-state index in [1.54, 1.807) is 0 Å². The van der Waals surface area contributed by atoms with Gasteiger partial charge in [-0.3, -0.25) is 4.79 Å². The lowest BCUT2D eigenvalue weighted by Crippen LogP contribution is -2.04. The van der Waals surface area contributed by atoms with Gasteiger partial charge in [0.05, 0.1) is 5.75 Å². The summed E-state index contributed by atoms with van der Waals surface area (Å²) < 4.78 is 28.3. The molecule has 110 valence electrons. The molecule has 2 nitrogen and oxygen atoms in total.